The Bertz CT molecular complexity index is 414. The fourth-order valence-electron chi connectivity index (χ4n) is 2.33. The molecule has 1 aliphatic heterocycles. The first-order chi connectivity index (χ1) is 8.22. The van der Waals surface area contributed by atoms with Crippen LogP contribution in [0, 0.1) is 0 Å². The lowest BCUT2D eigenvalue weighted by Gasteiger charge is -2.23. The van der Waals surface area contributed by atoms with Gasteiger partial charge in [-0.1, -0.05) is 6.07 Å². The number of methoxy groups -OCH3 is 1. The zero-order chi connectivity index (χ0) is 12.3. The van der Waals surface area contributed by atoms with Gasteiger partial charge in [0.05, 0.1) is 22.8 Å². The van der Waals surface area contributed by atoms with Crippen molar-refractivity contribution < 1.29 is 8.95 Å². The molecule has 1 atom stereocenters. The Morgan fingerprint density at radius 1 is 1.35 bits per heavy atom. The van der Waals surface area contributed by atoms with Crippen LogP contribution in [0.3, 0.4) is 0 Å². The van der Waals surface area contributed by atoms with Gasteiger partial charge in [-0.05, 0) is 49.5 Å². The number of rotatable bonds is 3. The first-order valence-electron chi connectivity index (χ1n) is 5.94. The van der Waals surface area contributed by atoms with Crippen LogP contribution in [0.1, 0.15) is 24.3 Å². The van der Waals surface area contributed by atoms with Gasteiger partial charge in [-0.2, -0.15) is 0 Å². The van der Waals surface area contributed by atoms with Crippen molar-refractivity contribution in [1.29, 1.82) is 0 Å². The van der Waals surface area contributed by atoms with E-state index in [1.54, 1.807) is 13.4 Å². The summed E-state index contributed by atoms with van der Waals surface area (Å²) in [6.07, 6.45) is 4.01. The van der Waals surface area contributed by atoms with Crippen molar-refractivity contribution >= 4 is 10.8 Å². The zero-order valence-corrected chi connectivity index (χ0v) is 11.2. The van der Waals surface area contributed by atoms with E-state index in [9.17, 15) is 4.21 Å². The van der Waals surface area contributed by atoms with Crippen LogP contribution in [0.2, 0.25) is 0 Å². The average Bonchev–Trinajstić information content (AvgIpc) is 2.39. The third-order valence-electron chi connectivity index (χ3n) is 3.31. The lowest BCUT2D eigenvalue weighted by Crippen LogP contribution is -2.26. The Morgan fingerprint density at radius 3 is 2.65 bits per heavy atom. The Hall–Kier alpha value is -0.870. The number of hydrogen-bond acceptors (Lipinski definition) is 3. The van der Waals surface area contributed by atoms with E-state index in [1.807, 2.05) is 12.1 Å². The van der Waals surface area contributed by atoms with E-state index in [1.165, 1.54) is 5.56 Å². The molecule has 0 amide bonds. The van der Waals surface area contributed by atoms with E-state index < -0.39 is 10.8 Å². The summed E-state index contributed by atoms with van der Waals surface area (Å²) in [5.74, 6) is 1.35. The second-order valence-electron chi connectivity index (χ2n) is 4.39. The maximum Gasteiger partial charge on any atom is 0.135 e. The molecule has 1 aliphatic rings. The van der Waals surface area contributed by atoms with Gasteiger partial charge in [-0.15, -0.1) is 0 Å². The molecule has 0 aliphatic carbocycles. The van der Waals surface area contributed by atoms with Gasteiger partial charge in [0.2, 0.25) is 0 Å². The second-order valence-corrected chi connectivity index (χ2v) is 5.74. The first-order valence-corrected chi connectivity index (χ1v) is 7.50. The molecule has 0 bridgehead atoms. The fraction of sp³-hybridized carbons (Fsp3) is 0.538. The minimum atomic E-state index is -0.991. The average molecular weight is 253 g/mol. The molecule has 1 aromatic rings. The predicted molar refractivity (Wildman–Crippen MR) is 70.2 cm³/mol. The molecule has 1 fully saturated rings. The van der Waals surface area contributed by atoms with Crippen LogP contribution in [0.25, 0.3) is 0 Å². The predicted octanol–water partition coefficient (Wildman–Crippen LogP) is 1.90. The molecule has 1 saturated heterocycles. The van der Waals surface area contributed by atoms with Crippen molar-refractivity contribution in [3.05, 3.63) is 23.8 Å². The van der Waals surface area contributed by atoms with Gasteiger partial charge in [0, 0.05) is 6.26 Å². The van der Waals surface area contributed by atoms with E-state index in [-0.39, 0.29) is 0 Å². The van der Waals surface area contributed by atoms with Crippen LogP contribution < -0.4 is 10.1 Å². The van der Waals surface area contributed by atoms with E-state index in [0.717, 1.165) is 36.6 Å². The van der Waals surface area contributed by atoms with Crippen LogP contribution in [0.4, 0.5) is 0 Å². The summed E-state index contributed by atoms with van der Waals surface area (Å²) >= 11 is 0. The van der Waals surface area contributed by atoms with Crippen LogP contribution in [0.15, 0.2) is 23.1 Å². The minimum absolute atomic E-state index is 0.601. The molecule has 94 valence electrons. The van der Waals surface area contributed by atoms with Gasteiger partial charge in [-0.3, -0.25) is 4.21 Å². The van der Waals surface area contributed by atoms with E-state index >= 15 is 0 Å². The van der Waals surface area contributed by atoms with Crippen molar-refractivity contribution in [2.45, 2.75) is 23.7 Å². The van der Waals surface area contributed by atoms with Crippen molar-refractivity contribution in [1.82, 2.24) is 5.32 Å². The normalized spacial score (nSPS) is 18.9. The van der Waals surface area contributed by atoms with Gasteiger partial charge in [0.1, 0.15) is 5.75 Å². The van der Waals surface area contributed by atoms with Crippen LogP contribution in [-0.2, 0) is 10.8 Å². The van der Waals surface area contributed by atoms with Gasteiger partial charge >= 0.3 is 0 Å². The minimum Gasteiger partial charge on any atom is -0.495 e. The number of benzene rings is 1. The lowest BCUT2D eigenvalue weighted by molar-refractivity contribution is 0.401. The van der Waals surface area contributed by atoms with Gasteiger partial charge in [0.25, 0.3) is 0 Å². The molecule has 0 spiro atoms. The van der Waals surface area contributed by atoms with Crippen molar-refractivity contribution in [2.24, 2.45) is 0 Å². The number of nitrogens with one attached hydrogen (secondary N) is 1. The molecule has 1 heterocycles. The van der Waals surface area contributed by atoms with Crippen LogP contribution >= 0.6 is 0 Å². The largest absolute Gasteiger partial charge is 0.495 e. The van der Waals surface area contributed by atoms with E-state index in [0.29, 0.717) is 5.92 Å². The maximum atomic E-state index is 11.5. The Balaban J connectivity index is 2.27. The third kappa shape index (κ3) is 2.87. The van der Waals surface area contributed by atoms with Gasteiger partial charge in [0.15, 0.2) is 0 Å². The van der Waals surface area contributed by atoms with Crippen LogP contribution in [-0.4, -0.2) is 30.7 Å². The maximum absolute atomic E-state index is 11.5. The summed E-state index contributed by atoms with van der Waals surface area (Å²) in [6, 6.07) is 6.08. The molecule has 0 radical (unpaired) electrons. The summed E-state index contributed by atoms with van der Waals surface area (Å²) in [5, 5.41) is 3.36. The summed E-state index contributed by atoms with van der Waals surface area (Å²) in [4.78, 5) is 0.783. The number of hydrogen-bond donors (Lipinski definition) is 1. The SMILES string of the molecule is COc1cc(C2CCNCC2)ccc1S(C)=O. The van der Waals surface area contributed by atoms with Crippen molar-refractivity contribution in [3.8, 4) is 5.75 Å². The van der Waals surface area contributed by atoms with E-state index in [4.69, 9.17) is 4.74 Å². The highest BCUT2D eigenvalue weighted by Gasteiger charge is 2.17. The second kappa shape index (κ2) is 5.65. The van der Waals surface area contributed by atoms with E-state index in [2.05, 4.69) is 11.4 Å². The Kier molecular flexibility index (Phi) is 4.18. The highest BCUT2D eigenvalue weighted by molar-refractivity contribution is 7.84. The molecule has 3 nitrogen and oxygen atoms in total. The summed E-state index contributed by atoms with van der Waals surface area (Å²) in [6.45, 7) is 2.16. The molecule has 1 aromatic carbocycles. The number of piperidine rings is 1. The standard InChI is InChI=1S/C13H19NO2S/c1-16-12-9-11(3-4-13(12)17(2)15)10-5-7-14-8-6-10/h3-4,9-10,14H,5-8H2,1-2H3. The molecule has 4 heteroatoms. The molecule has 1 unspecified atom stereocenters. The highest BCUT2D eigenvalue weighted by Crippen LogP contribution is 2.31. The summed E-state index contributed by atoms with van der Waals surface area (Å²) < 4.78 is 16.9. The molecular weight excluding hydrogens is 234 g/mol. The highest BCUT2D eigenvalue weighted by atomic mass is 32.2. The van der Waals surface area contributed by atoms with Crippen molar-refractivity contribution in [2.75, 3.05) is 26.5 Å². The molecule has 2 rings (SSSR count). The summed E-state index contributed by atoms with van der Waals surface area (Å²) in [7, 11) is 0.646. The molecule has 17 heavy (non-hydrogen) atoms. The molecule has 0 saturated carbocycles. The quantitative estimate of drug-likeness (QED) is 0.894. The Labute approximate surface area is 105 Å². The Morgan fingerprint density at radius 2 is 2.06 bits per heavy atom. The number of ether oxygens (including phenoxy) is 1. The smallest absolute Gasteiger partial charge is 0.135 e. The topological polar surface area (TPSA) is 38.3 Å². The fourth-order valence-corrected chi connectivity index (χ4v) is 3.02. The summed E-state index contributed by atoms with van der Waals surface area (Å²) in [5.41, 5.74) is 1.30. The third-order valence-corrected chi connectivity index (χ3v) is 4.26. The first kappa shape index (κ1) is 12.6. The molecule has 1 N–H and O–H groups in total. The van der Waals surface area contributed by atoms with Gasteiger partial charge in [-0.25, -0.2) is 0 Å². The van der Waals surface area contributed by atoms with Crippen molar-refractivity contribution in [3.63, 3.8) is 0 Å². The monoisotopic (exact) mass is 253 g/mol. The van der Waals surface area contributed by atoms with Crippen LogP contribution in [0.5, 0.6) is 5.75 Å². The zero-order valence-electron chi connectivity index (χ0n) is 10.4. The molecule has 0 aromatic heterocycles. The van der Waals surface area contributed by atoms with Gasteiger partial charge < -0.3 is 10.1 Å². The molecular formula is C13H19NO2S. The lowest BCUT2D eigenvalue weighted by atomic mass is 9.90.